The Hall–Kier alpha value is -1.72. The van der Waals surface area contributed by atoms with Crippen LogP contribution in [0.4, 0.5) is 0 Å². The number of rotatable bonds is 6. The molecule has 0 aliphatic heterocycles. The maximum atomic E-state index is 5.57. The summed E-state index contributed by atoms with van der Waals surface area (Å²) in [6.07, 6.45) is 0. The molecule has 1 aromatic heterocycles. The van der Waals surface area contributed by atoms with Crippen LogP contribution in [0, 0.1) is 0 Å². The molecule has 19 heavy (non-hydrogen) atoms. The molecule has 0 aliphatic rings. The molecule has 0 unspecified atom stereocenters. The number of hydrogen-bond acceptors (Lipinski definition) is 5. The average molecular weight is 260 g/mol. The van der Waals surface area contributed by atoms with Gasteiger partial charge >= 0.3 is 0 Å². The van der Waals surface area contributed by atoms with Crippen LogP contribution in [0.2, 0.25) is 0 Å². The first kappa shape index (κ1) is 13.7. The van der Waals surface area contributed by atoms with Crippen molar-refractivity contribution >= 4 is 0 Å². The van der Waals surface area contributed by atoms with Crippen molar-refractivity contribution in [1.82, 2.24) is 15.0 Å². The van der Waals surface area contributed by atoms with E-state index in [1.807, 2.05) is 24.3 Å². The van der Waals surface area contributed by atoms with Crippen molar-refractivity contribution in [2.75, 3.05) is 13.1 Å². The Morgan fingerprint density at radius 3 is 2.42 bits per heavy atom. The Balaban J connectivity index is 2.11. The minimum absolute atomic E-state index is 0.541. The smallest absolute Gasteiger partial charge is 0.241 e. The fourth-order valence-corrected chi connectivity index (χ4v) is 1.86. The first-order valence-corrected chi connectivity index (χ1v) is 6.61. The van der Waals surface area contributed by atoms with Crippen molar-refractivity contribution in [3.05, 3.63) is 35.7 Å². The van der Waals surface area contributed by atoms with E-state index in [9.17, 15) is 0 Å². The third-order valence-electron chi connectivity index (χ3n) is 3.17. The summed E-state index contributed by atoms with van der Waals surface area (Å²) in [5.74, 6) is 1.28. The molecular weight excluding hydrogens is 240 g/mol. The van der Waals surface area contributed by atoms with Gasteiger partial charge in [-0.05, 0) is 18.7 Å². The van der Waals surface area contributed by atoms with Gasteiger partial charge < -0.3 is 10.3 Å². The average Bonchev–Trinajstić information content (AvgIpc) is 2.93. The molecule has 5 heteroatoms. The molecule has 0 amide bonds. The van der Waals surface area contributed by atoms with Crippen molar-refractivity contribution in [2.45, 2.75) is 26.9 Å². The molecular formula is C14H20N4O. The predicted molar refractivity (Wildman–Crippen MR) is 74.3 cm³/mol. The molecule has 0 atom stereocenters. The third-order valence-corrected chi connectivity index (χ3v) is 3.17. The van der Waals surface area contributed by atoms with E-state index < -0.39 is 0 Å². The molecule has 0 fully saturated rings. The molecule has 0 bridgehead atoms. The molecule has 0 spiro atoms. The lowest BCUT2D eigenvalue weighted by atomic mass is 10.1. The molecule has 1 aromatic carbocycles. The maximum Gasteiger partial charge on any atom is 0.241 e. The highest BCUT2D eigenvalue weighted by Crippen LogP contribution is 2.17. The fourth-order valence-electron chi connectivity index (χ4n) is 1.86. The second-order valence-corrected chi connectivity index (χ2v) is 4.37. The zero-order valence-electron chi connectivity index (χ0n) is 11.5. The van der Waals surface area contributed by atoms with E-state index in [-0.39, 0.29) is 0 Å². The quantitative estimate of drug-likeness (QED) is 0.860. The minimum Gasteiger partial charge on any atom is -0.338 e. The highest BCUT2D eigenvalue weighted by Gasteiger charge is 2.10. The monoisotopic (exact) mass is 260 g/mol. The standard InChI is InChI=1S/C14H20N4O/c1-3-18(4-2)10-13-16-14(17-19-13)12-7-5-11(9-15)6-8-12/h5-8H,3-4,9-10,15H2,1-2H3. The number of benzene rings is 1. The summed E-state index contributed by atoms with van der Waals surface area (Å²) in [6, 6.07) is 7.90. The Morgan fingerprint density at radius 2 is 1.84 bits per heavy atom. The van der Waals surface area contributed by atoms with Crippen molar-refractivity contribution in [3.63, 3.8) is 0 Å². The number of nitrogens with two attached hydrogens (primary N) is 1. The first-order chi connectivity index (χ1) is 9.26. The molecule has 2 rings (SSSR count). The first-order valence-electron chi connectivity index (χ1n) is 6.61. The highest BCUT2D eigenvalue weighted by atomic mass is 16.5. The van der Waals surface area contributed by atoms with E-state index in [1.54, 1.807) is 0 Å². The Bertz CT molecular complexity index is 502. The Morgan fingerprint density at radius 1 is 1.16 bits per heavy atom. The predicted octanol–water partition coefficient (Wildman–Crippen LogP) is 2.04. The van der Waals surface area contributed by atoms with Crippen molar-refractivity contribution in [1.29, 1.82) is 0 Å². The Kier molecular flexibility index (Phi) is 4.65. The lowest BCUT2D eigenvalue weighted by molar-refractivity contribution is 0.246. The van der Waals surface area contributed by atoms with Gasteiger partial charge in [0.25, 0.3) is 0 Å². The van der Waals surface area contributed by atoms with E-state index in [1.165, 1.54) is 0 Å². The second kappa shape index (κ2) is 6.45. The largest absolute Gasteiger partial charge is 0.338 e. The van der Waals surface area contributed by atoms with Gasteiger partial charge in [-0.1, -0.05) is 43.3 Å². The van der Waals surface area contributed by atoms with Crippen LogP contribution in [-0.4, -0.2) is 28.1 Å². The summed E-state index contributed by atoms with van der Waals surface area (Å²) in [4.78, 5) is 6.65. The minimum atomic E-state index is 0.541. The van der Waals surface area contributed by atoms with Crippen molar-refractivity contribution in [2.24, 2.45) is 5.73 Å². The summed E-state index contributed by atoms with van der Waals surface area (Å²) in [5.41, 5.74) is 7.62. The zero-order chi connectivity index (χ0) is 13.7. The van der Waals surface area contributed by atoms with Crippen molar-refractivity contribution in [3.8, 4) is 11.4 Å². The van der Waals surface area contributed by atoms with Crippen LogP contribution < -0.4 is 5.73 Å². The van der Waals surface area contributed by atoms with Crippen molar-refractivity contribution < 1.29 is 4.52 Å². The highest BCUT2D eigenvalue weighted by molar-refractivity contribution is 5.54. The summed E-state index contributed by atoms with van der Waals surface area (Å²) in [5, 5.41) is 4.02. The topological polar surface area (TPSA) is 68.2 Å². The van der Waals surface area contributed by atoms with E-state index in [4.69, 9.17) is 10.3 Å². The lowest BCUT2D eigenvalue weighted by Crippen LogP contribution is -2.22. The summed E-state index contributed by atoms with van der Waals surface area (Å²) < 4.78 is 5.28. The number of hydrogen-bond donors (Lipinski definition) is 1. The molecule has 0 saturated heterocycles. The fraction of sp³-hybridized carbons (Fsp3) is 0.429. The van der Waals surface area contributed by atoms with Crippen LogP contribution in [0.1, 0.15) is 25.3 Å². The molecule has 102 valence electrons. The van der Waals surface area contributed by atoms with Crippen LogP contribution >= 0.6 is 0 Å². The number of nitrogens with zero attached hydrogens (tertiary/aromatic N) is 3. The molecule has 5 nitrogen and oxygen atoms in total. The van der Waals surface area contributed by atoms with Gasteiger partial charge in [0.05, 0.1) is 6.54 Å². The van der Waals surface area contributed by atoms with Gasteiger partial charge in [-0.25, -0.2) is 0 Å². The molecule has 0 saturated carbocycles. The molecule has 0 aliphatic carbocycles. The summed E-state index contributed by atoms with van der Waals surface area (Å²) >= 11 is 0. The maximum absolute atomic E-state index is 5.57. The van der Waals surface area contributed by atoms with E-state index in [0.29, 0.717) is 24.8 Å². The van der Waals surface area contributed by atoms with Gasteiger partial charge in [0.2, 0.25) is 11.7 Å². The van der Waals surface area contributed by atoms with Crippen LogP contribution in [0.25, 0.3) is 11.4 Å². The number of aromatic nitrogens is 2. The SMILES string of the molecule is CCN(CC)Cc1nc(-c2ccc(CN)cc2)no1. The normalized spacial score (nSPS) is 11.2. The second-order valence-electron chi connectivity index (χ2n) is 4.37. The molecule has 1 heterocycles. The van der Waals surface area contributed by atoms with Crippen LogP contribution in [0.3, 0.4) is 0 Å². The van der Waals surface area contributed by atoms with Crippen LogP contribution in [0.15, 0.2) is 28.8 Å². The van der Waals surface area contributed by atoms with E-state index >= 15 is 0 Å². The van der Waals surface area contributed by atoms with Gasteiger partial charge in [0.1, 0.15) is 0 Å². The van der Waals surface area contributed by atoms with Gasteiger partial charge in [0, 0.05) is 12.1 Å². The van der Waals surface area contributed by atoms with Crippen LogP contribution in [-0.2, 0) is 13.1 Å². The zero-order valence-corrected chi connectivity index (χ0v) is 11.5. The molecule has 2 aromatic rings. The Labute approximate surface area is 113 Å². The molecule has 0 radical (unpaired) electrons. The van der Waals surface area contributed by atoms with Gasteiger partial charge in [0.15, 0.2) is 0 Å². The van der Waals surface area contributed by atoms with E-state index in [0.717, 1.165) is 24.2 Å². The molecule has 2 N–H and O–H groups in total. The summed E-state index contributed by atoms with van der Waals surface area (Å²) in [7, 11) is 0. The van der Waals surface area contributed by atoms with Gasteiger partial charge in [-0.2, -0.15) is 4.98 Å². The van der Waals surface area contributed by atoms with Crippen LogP contribution in [0.5, 0.6) is 0 Å². The lowest BCUT2D eigenvalue weighted by Gasteiger charge is -2.14. The van der Waals surface area contributed by atoms with Gasteiger partial charge in [-0.3, -0.25) is 4.90 Å². The summed E-state index contributed by atoms with van der Waals surface area (Å²) in [6.45, 7) is 7.41. The third kappa shape index (κ3) is 3.39. The van der Waals surface area contributed by atoms with Gasteiger partial charge in [-0.15, -0.1) is 0 Å². The van der Waals surface area contributed by atoms with E-state index in [2.05, 4.69) is 28.9 Å².